The number of amides is 1. The van der Waals surface area contributed by atoms with E-state index >= 15 is 0 Å². The second-order valence-corrected chi connectivity index (χ2v) is 6.67. The summed E-state index contributed by atoms with van der Waals surface area (Å²) >= 11 is 0. The molecule has 0 saturated carbocycles. The third kappa shape index (κ3) is 4.45. The Balaban J connectivity index is 1.51. The van der Waals surface area contributed by atoms with Crippen LogP contribution in [0.25, 0.3) is 0 Å². The van der Waals surface area contributed by atoms with Crippen LogP contribution in [-0.2, 0) is 6.42 Å². The molecule has 2 N–H and O–H groups in total. The predicted octanol–water partition coefficient (Wildman–Crippen LogP) is 4.11. The maximum atomic E-state index is 12.7. The van der Waals surface area contributed by atoms with E-state index in [1.54, 1.807) is 13.0 Å². The number of fused-ring (bicyclic) bond motifs is 1. The van der Waals surface area contributed by atoms with E-state index < -0.39 is 0 Å². The number of ether oxygens (including phenoxy) is 2. The first-order valence-electron chi connectivity index (χ1n) is 9.53. The van der Waals surface area contributed by atoms with Crippen LogP contribution in [0.5, 0.6) is 11.5 Å². The van der Waals surface area contributed by atoms with Crippen LogP contribution in [0.15, 0.2) is 48.5 Å². The fourth-order valence-electron chi connectivity index (χ4n) is 3.04. The Kier molecular flexibility index (Phi) is 5.29. The number of nitrogens with one attached hydrogen (secondary N) is 2. The molecule has 0 atom stereocenters. The van der Waals surface area contributed by atoms with Gasteiger partial charge in [0, 0.05) is 23.5 Å². The largest absolute Gasteiger partial charge is 0.486 e. The summed E-state index contributed by atoms with van der Waals surface area (Å²) in [6, 6.07) is 15.0. The maximum Gasteiger partial charge on any atom is 0.274 e. The van der Waals surface area contributed by atoms with Gasteiger partial charge in [-0.05, 0) is 43.2 Å². The van der Waals surface area contributed by atoms with Crippen LogP contribution in [0, 0.1) is 6.92 Å². The highest BCUT2D eigenvalue weighted by atomic mass is 16.6. The average molecular weight is 390 g/mol. The van der Waals surface area contributed by atoms with E-state index in [1.165, 1.54) is 5.56 Å². The number of hydrogen-bond donors (Lipinski definition) is 2. The Morgan fingerprint density at radius 2 is 1.69 bits per heavy atom. The third-order valence-electron chi connectivity index (χ3n) is 4.51. The summed E-state index contributed by atoms with van der Waals surface area (Å²) in [7, 11) is 0. The Hall–Kier alpha value is -3.61. The van der Waals surface area contributed by atoms with Gasteiger partial charge in [-0.15, -0.1) is 0 Å². The Bertz CT molecular complexity index is 1030. The fraction of sp³-hybridized carbons (Fsp3) is 0.227. The van der Waals surface area contributed by atoms with Gasteiger partial charge in [0.2, 0.25) is 0 Å². The monoisotopic (exact) mass is 390 g/mol. The topological polar surface area (TPSA) is 85.4 Å². The molecule has 0 unspecified atom stereocenters. The summed E-state index contributed by atoms with van der Waals surface area (Å²) in [5, 5.41) is 6.08. The van der Waals surface area contributed by atoms with Gasteiger partial charge >= 0.3 is 0 Å². The van der Waals surface area contributed by atoms with Crippen molar-refractivity contribution in [3.05, 3.63) is 65.6 Å². The van der Waals surface area contributed by atoms with Crippen LogP contribution in [-0.4, -0.2) is 29.1 Å². The zero-order valence-electron chi connectivity index (χ0n) is 16.4. The van der Waals surface area contributed by atoms with Crippen LogP contribution < -0.4 is 20.1 Å². The SMILES string of the molecule is CCc1ccc(NC(=O)c2cc(Nc3ccc4c(c3)OCCO4)nc(C)n2)cc1. The number of hydrogen-bond acceptors (Lipinski definition) is 6. The molecule has 1 amide bonds. The number of rotatable bonds is 5. The molecule has 1 aliphatic heterocycles. The van der Waals surface area contributed by atoms with Crippen molar-refractivity contribution in [3.8, 4) is 11.5 Å². The van der Waals surface area contributed by atoms with Gasteiger partial charge in [0.25, 0.3) is 5.91 Å². The lowest BCUT2D eigenvalue weighted by Crippen LogP contribution is -2.16. The van der Waals surface area contributed by atoms with Crippen molar-refractivity contribution in [3.63, 3.8) is 0 Å². The quantitative estimate of drug-likeness (QED) is 0.682. The van der Waals surface area contributed by atoms with Crippen LogP contribution in [0.3, 0.4) is 0 Å². The smallest absolute Gasteiger partial charge is 0.274 e. The lowest BCUT2D eigenvalue weighted by molar-refractivity contribution is 0.102. The molecule has 0 spiro atoms. The fourth-order valence-corrected chi connectivity index (χ4v) is 3.04. The number of benzene rings is 2. The highest BCUT2D eigenvalue weighted by Crippen LogP contribution is 2.33. The lowest BCUT2D eigenvalue weighted by Gasteiger charge is -2.19. The molecule has 3 aromatic rings. The molecule has 2 heterocycles. The van der Waals surface area contributed by atoms with Gasteiger partial charge in [-0.3, -0.25) is 4.79 Å². The van der Waals surface area contributed by atoms with Crippen molar-refractivity contribution < 1.29 is 14.3 Å². The summed E-state index contributed by atoms with van der Waals surface area (Å²) in [6.07, 6.45) is 0.953. The molecule has 7 nitrogen and oxygen atoms in total. The molecule has 1 aliphatic rings. The third-order valence-corrected chi connectivity index (χ3v) is 4.51. The first-order valence-corrected chi connectivity index (χ1v) is 9.53. The number of aryl methyl sites for hydroxylation is 2. The molecule has 0 saturated heterocycles. The number of carbonyl (C=O) groups is 1. The van der Waals surface area contributed by atoms with Crippen molar-refractivity contribution in [2.24, 2.45) is 0 Å². The second kappa shape index (κ2) is 8.18. The van der Waals surface area contributed by atoms with E-state index in [4.69, 9.17) is 9.47 Å². The van der Waals surface area contributed by atoms with Crippen molar-refractivity contribution in [2.45, 2.75) is 20.3 Å². The molecule has 0 fully saturated rings. The van der Waals surface area contributed by atoms with Crippen molar-refractivity contribution in [2.75, 3.05) is 23.8 Å². The molecular weight excluding hydrogens is 368 g/mol. The minimum atomic E-state index is -0.287. The van der Waals surface area contributed by atoms with Gasteiger partial charge in [0.15, 0.2) is 11.5 Å². The van der Waals surface area contributed by atoms with Crippen molar-refractivity contribution in [1.82, 2.24) is 9.97 Å². The van der Waals surface area contributed by atoms with E-state index in [0.29, 0.717) is 30.6 Å². The van der Waals surface area contributed by atoms with Gasteiger partial charge < -0.3 is 20.1 Å². The number of aromatic nitrogens is 2. The number of nitrogens with zero attached hydrogens (tertiary/aromatic N) is 2. The molecule has 7 heteroatoms. The van der Waals surface area contributed by atoms with E-state index in [1.807, 2.05) is 42.5 Å². The van der Waals surface area contributed by atoms with Crippen LogP contribution >= 0.6 is 0 Å². The predicted molar refractivity (Wildman–Crippen MR) is 111 cm³/mol. The molecule has 0 aliphatic carbocycles. The van der Waals surface area contributed by atoms with Crippen molar-refractivity contribution >= 4 is 23.1 Å². The highest BCUT2D eigenvalue weighted by molar-refractivity contribution is 6.03. The van der Waals surface area contributed by atoms with E-state index in [-0.39, 0.29) is 11.6 Å². The molecule has 1 aromatic heterocycles. The van der Waals surface area contributed by atoms with Gasteiger partial charge in [-0.1, -0.05) is 19.1 Å². The van der Waals surface area contributed by atoms with Crippen LogP contribution in [0.1, 0.15) is 28.8 Å². The zero-order chi connectivity index (χ0) is 20.2. The van der Waals surface area contributed by atoms with E-state index in [0.717, 1.165) is 23.5 Å². The lowest BCUT2D eigenvalue weighted by atomic mass is 10.1. The molecule has 2 aromatic carbocycles. The van der Waals surface area contributed by atoms with E-state index in [2.05, 4.69) is 27.5 Å². The Labute approximate surface area is 169 Å². The van der Waals surface area contributed by atoms with Crippen molar-refractivity contribution in [1.29, 1.82) is 0 Å². The van der Waals surface area contributed by atoms with Gasteiger partial charge in [0.05, 0.1) is 0 Å². The summed E-state index contributed by atoms with van der Waals surface area (Å²) in [5.41, 5.74) is 3.02. The Morgan fingerprint density at radius 1 is 0.966 bits per heavy atom. The maximum absolute atomic E-state index is 12.7. The molecule has 4 rings (SSSR count). The summed E-state index contributed by atoms with van der Waals surface area (Å²) in [5.74, 6) is 2.14. The second-order valence-electron chi connectivity index (χ2n) is 6.67. The first kappa shape index (κ1) is 18.7. The zero-order valence-corrected chi connectivity index (χ0v) is 16.4. The normalized spacial score (nSPS) is 12.3. The first-order chi connectivity index (χ1) is 14.1. The van der Waals surface area contributed by atoms with Crippen LogP contribution in [0.2, 0.25) is 0 Å². The van der Waals surface area contributed by atoms with Crippen LogP contribution in [0.4, 0.5) is 17.2 Å². The molecule has 0 bridgehead atoms. The highest BCUT2D eigenvalue weighted by Gasteiger charge is 2.14. The van der Waals surface area contributed by atoms with E-state index in [9.17, 15) is 4.79 Å². The average Bonchev–Trinajstić information content (AvgIpc) is 2.74. The molecular formula is C22H22N4O3. The Morgan fingerprint density at radius 3 is 2.45 bits per heavy atom. The van der Waals surface area contributed by atoms with Gasteiger partial charge in [0.1, 0.15) is 30.5 Å². The molecule has 0 radical (unpaired) electrons. The minimum Gasteiger partial charge on any atom is -0.486 e. The standard InChI is InChI=1S/C22H22N4O3/c1-3-15-4-6-16(7-5-15)26-22(27)18-13-21(24-14(2)23-18)25-17-8-9-19-20(12-17)29-11-10-28-19/h4-9,12-13H,3,10-11H2,1-2H3,(H,26,27)(H,23,24,25). The van der Waals surface area contributed by atoms with Gasteiger partial charge in [-0.25, -0.2) is 9.97 Å². The molecule has 29 heavy (non-hydrogen) atoms. The number of carbonyl (C=O) groups excluding carboxylic acids is 1. The van der Waals surface area contributed by atoms with Gasteiger partial charge in [-0.2, -0.15) is 0 Å². The minimum absolute atomic E-state index is 0.287. The summed E-state index contributed by atoms with van der Waals surface area (Å²) in [4.78, 5) is 21.3. The molecule has 148 valence electrons. The number of anilines is 3. The summed E-state index contributed by atoms with van der Waals surface area (Å²) < 4.78 is 11.1. The summed E-state index contributed by atoms with van der Waals surface area (Å²) in [6.45, 7) is 4.91.